The standard InChI is InChI=1S/C14H16ClNS2/c1-16-13(14-11(15)6-8-18-14)10-3-2-4-12-9(10)5-7-17-12/h5-8,10,13,16H,2-4H2,1H3. The Morgan fingerprint density at radius 3 is 2.89 bits per heavy atom. The fraction of sp³-hybridized carbons (Fsp3) is 0.429. The summed E-state index contributed by atoms with van der Waals surface area (Å²) in [5, 5.41) is 8.69. The first kappa shape index (κ1) is 12.7. The van der Waals surface area contributed by atoms with Crippen molar-refractivity contribution in [1.82, 2.24) is 5.32 Å². The van der Waals surface area contributed by atoms with Crippen LogP contribution in [0.25, 0.3) is 0 Å². The van der Waals surface area contributed by atoms with Crippen LogP contribution < -0.4 is 5.32 Å². The Labute approximate surface area is 121 Å². The quantitative estimate of drug-likeness (QED) is 0.854. The van der Waals surface area contributed by atoms with E-state index in [2.05, 4.69) is 22.1 Å². The fourth-order valence-corrected chi connectivity index (χ4v) is 5.26. The van der Waals surface area contributed by atoms with Gasteiger partial charge in [-0.15, -0.1) is 22.7 Å². The molecular formula is C14H16ClNS2. The van der Waals surface area contributed by atoms with E-state index in [1.54, 1.807) is 16.2 Å². The van der Waals surface area contributed by atoms with Gasteiger partial charge in [0.15, 0.2) is 0 Å². The highest BCUT2D eigenvalue weighted by atomic mass is 35.5. The van der Waals surface area contributed by atoms with Crippen LogP contribution in [0.3, 0.4) is 0 Å². The molecule has 0 amide bonds. The summed E-state index contributed by atoms with van der Waals surface area (Å²) in [5.41, 5.74) is 1.54. The van der Waals surface area contributed by atoms with Gasteiger partial charge in [0.05, 0.1) is 5.02 Å². The molecule has 1 nitrogen and oxygen atoms in total. The number of likely N-dealkylation sites (N-methyl/N-ethyl adjacent to an activating group) is 1. The Balaban J connectivity index is 1.97. The third-order valence-electron chi connectivity index (χ3n) is 3.74. The van der Waals surface area contributed by atoms with E-state index in [1.807, 2.05) is 24.5 Å². The van der Waals surface area contributed by atoms with Gasteiger partial charge in [0.25, 0.3) is 0 Å². The average Bonchev–Trinajstić information content (AvgIpc) is 3.00. The lowest BCUT2D eigenvalue weighted by Gasteiger charge is -2.30. The molecule has 3 rings (SSSR count). The maximum atomic E-state index is 6.31. The van der Waals surface area contributed by atoms with Crippen molar-refractivity contribution in [2.45, 2.75) is 31.2 Å². The molecule has 1 N–H and O–H groups in total. The van der Waals surface area contributed by atoms with Crippen molar-refractivity contribution in [3.05, 3.63) is 43.2 Å². The predicted octanol–water partition coefficient (Wildman–Crippen LogP) is 4.84. The summed E-state index contributed by atoms with van der Waals surface area (Å²) >= 11 is 9.97. The van der Waals surface area contributed by atoms with Crippen molar-refractivity contribution in [1.29, 1.82) is 0 Å². The van der Waals surface area contributed by atoms with E-state index in [0.717, 1.165) is 5.02 Å². The predicted molar refractivity (Wildman–Crippen MR) is 81.1 cm³/mol. The minimum absolute atomic E-state index is 0.353. The number of rotatable bonds is 3. The van der Waals surface area contributed by atoms with Gasteiger partial charge in [-0.1, -0.05) is 11.6 Å². The van der Waals surface area contributed by atoms with Crippen molar-refractivity contribution in [3.63, 3.8) is 0 Å². The Hall–Kier alpha value is -0.350. The number of thiophene rings is 2. The number of halogens is 1. The molecule has 4 heteroatoms. The van der Waals surface area contributed by atoms with E-state index in [0.29, 0.717) is 12.0 Å². The molecule has 2 unspecified atom stereocenters. The highest BCUT2D eigenvalue weighted by molar-refractivity contribution is 7.10. The molecule has 1 aliphatic rings. The van der Waals surface area contributed by atoms with Crippen LogP contribution in [0.1, 0.15) is 40.1 Å². The maximum Gasteiger partial charge on any atom is 0.0561 e. The minimum atomic E-state index is 0.353. The lowest BCUT2D eigenvalue weighted by molar-refractivity contribution is 0.433. The normalized spacial score (nSPS) is 20.7. The summed E-state index contributed by atoms with van der Waals surface area (Å²) in [6, 6.07) is 4.66. The molecule has 2 heterocycles. The molecule has 96 valence electrons. The number of hydrogen-bond donors (Lipinski definition) is 1. The molecule has 2 atom stereocenters. The molecule has 0 spiro atoms. The lowest BCUT2D eigenvalue weighted by atomic mass is 9.82. The molecule has 0 bridgehead atoms. The van der Waals surface area contributed by atoms with Crippen molar-refractivity contribution >= 4 is 34.3 Å². The second-order valence-corrected chi connectivity index (χ2v) is 7.05. The van der Waals surface area contributed by atoms with Gasteiger partial charge in [0.1, 0.15) is 0 Å². The van der Waals surface area contributed by atoms with Gasteiger partial charge < -0.3 is 5.32 Å². The van der Waals surface area contributed by atoms with Gasteiger partial charge in [-0.05, 0) is 54.8 Å². The zero-order chi connectivity index (χ0) is 12.5. The molecule has 0 radical (unpaired) electrons. The molecule has 0 fully saturated rings. The summed E-state index contributed by atoms with van der Waals surface area (Å²) in [5.74, 6) is 0.571. The number of aryl methyl sites for hydroxylation is 1. The smallest absolute Gasteiger partial charge is 0.0561 e. The molecule has 0 saturated carbocycles. The first-order valence-electron chi connectivity index (χ1n) is 6.27. The molecule has 0 aliphatic heterocycles. The van der Waals surface area contributed by atoms with Crippen LogP contribution in [-0.2, 0) is 6.42 Å². The van der Waals surface area contributed by atoms with Crippen molar-refractivity contribution in [2.75, 3.05) is 7.05 Å². The highest BCUT2D eigenvalue weighted by Gasteiger charge is 2.30. The summed E-state index contributed by atoms with van der Waals surface area (Å²) in [4.78, 5) is 2.85. The number of nitrogens with one attached hydrogen (secondary N) is 1. The van der Waals surface area contributed by atoms with E-state index in [1.165, 1.54) is 29.7 Å². The largest absolute Gasteiger partial charge is 0.312 e. The van der Waals surface area contributed by atoms with Crippen LogP contribution in [0.4, 0.5) is 0 Å². The number of fused-ring (bicyclic) bond motifs is 1. The zero-order valence-electron chi connectivity index (χ0n) is 10.3. The summed E-state index contributed by atoms with van der Waals surface area (Å²) in [7, 11) is 2.04. The average molecular weight is 298 g/mol. The van der Waals surface area contributed by atoms with Crippen molar-refractivity contribution < 1.29 is 0 Å². The van der Waals surface area contributed by atoms with Gasteiger partial charge in [-0.3, -0.25) is 0 Å². The van der Waals surface area contributed by atoms with E-state index >= 15 is 0 Å². The van der Waals surface area contributed by atoms with Crippen LogP contribution >= 0.6 is 34.3 Å². The Bertz CT molecular complexity index is 531. The molecule has 0 saturated heterocycles. The van der Waals surface area contributed by atoms with Crippen LogP contribution in [0.5, 0.6) is 0 Å². The summed E-state index contributed by atoms with van der Waals surface area (Å²) in [6.45, 7) is 0. The number of hydrogen-bond acceptors (Lipinski definition) is 3. The second-order valence-electron chi connectivity index (χ2n) is 4.70. The topological polar surface area (TPSA) is 12.0 Å². The molecule has 1 aliphatic carbocycles. The molecule has 18 heavy (non-hydrogen) atoms. The fourth-order valence-electron chi connectivity index (χ4n) is 2.91. The first-order chi connectivity index (χ1) is 8.81. The second kappa shape index (κ2) is 5.33. The molecule has 2 aromatic rings. The SMILES string of the molecule is CNC(c1sccc1Cl)C1CCCc2sccc21. The van der Waals surface area contributed by atoms with Crippen LogP contribution in [0.2, 0.25) is 5.02 Å². The van der Waals surface area contributed by atoms with Crippen molar-refractivity contribution in [2.24, 2.45) is 0 Å². The van der Waals surface area contributed by atoms with Crippen LogP contribution in [0.15, 0.2) is 22.9 Å². The van der Waals surface area contributed by atoms with Gasteiger partial charge >= 0.3 is 0 Å². The van der Waals surface area contributed by atoms with Crippen molar-refractivity contribution in [3.8, 4) is 0 Å². The van der Waals surface area contributed by atoms with E-state index in [4.69, 9.17) is 11.6 Å². The first-order valence-corrected chi connectivity index (χ1v) is 8.41. The zero-order valence-corrected chi connectivity index (χ0v) is 12.7. The third-order valence-corrected chi connectivity index (χ3v) is 6.18. The van der Waals surface area contributed by atoms with Gasteiger partial charge in [0.2, 0.25) is 0 Å². The van der Waals surface area contributed by atoms with Gasteiger partial charge in [-0.25, -0.2) is 0 Å². The van der Waals surface area contributed by atoms with Gasteiger partial charge in [-0.2, -0.15) is 0 Å². The summed E-state index contributed by atoms with van der Waals surface area (Å²) in [6.07, 6.45) is 3.79. The molecule has 2 aromatic heterocycles. The highest BCUT2D eigenvalue weighted by Crippen LogP contribution is 2.44. The van der Waals surface area contributed by atoms with Gasteiger partial charge in [0, 0.05) is 21.7 Å². The Morgan fingerprint density at radius 1 is 1.33 bits per heavy atom. The molecule has 0 aromatic carbocycles. The molecular weight excluding hydrogens is 282 g/mol. The van der Waals surface area contributed by atoms with E-state index in [-0.39, 0.29) is 0 Å². The van der Waals surface area contributed by atoms with Crippen LogP contribution in [0, 0.1) is 0 Å². The van der Waals surface area contributed by atoms with E-state index in [9.17, 15) is 0 Å². The minimum Gasteiger partial charge on any atom is -0.312 e. The van der Waals surface area contributed by atoms with Crippen LogP contribution in [-0.4, -0.2) is 7.05 Å². The maximum absolute atomic E-state index is 6.31. The third kappa shape index (κ3) is 2.14. The Kier molecular flexibility index (Phi) is 3.76. The lowest BCUT2D eigenvalue weighted by Crippen LogP contribution is -2.25. The Morgan fingerprint density at radius 2 is 2.17 bits per heavy atom. The monoisotopic (exact) mass is 297 g/mol. The summed E-state index contributed by atoms with van der Waals surface area (Å²) < 4.78 is 0. The van der Waals surface area contributed by atoms with E-state index < -0.39 is 0 Å².